The summed E-state index contributed by atoms with van der Waals surface area (Å²) in [6.07, 6.45) is 1.27. The molecule has 2 rings (SSSR count). The van der Waals surface area contributed by atoms with E-state index in [4.69, 9.17) is 23.2 Å². The zero-order valence-corrected chi connectivity index (χ0v) is 12.0. The molecule has 0 saturated carbocycles. The van der Waals surface area contributed by atoms with Crippen LogP contribution in [0.2, 0.25) is 10.0 Å². The van der Waals surface area contributed by atoms with Crippen LogP contribution in [0.25, 0.3) is 0 Å². The van der Waals surface area contributed by atoms with Crippen LogP contribution in [0.1, 0.15) is 12.0 Å². The number of rotatable bonds is 3. The van der Waals surface area contributed by atoms with E-state index in [1.54, 1.807) is 0 Å². The fourth-order valence-corrected chi connectivity index (χ4v) is 3.07. The molecule has 1 aromatic rings. The van der Waals surface area contributed by atoms with Crippen LogP contribution in [0.15, 0.2) is 18.2 Å². The van der Waals surface area contributed by atoms with E-state index in [0.29, 0.717) is 5.02 Å². The van der Waals surface area contributed by atoms with Gasteiger partial charge in [-0.3, -0.25) is 4.90 Å². The van der Waals surface area contributed by atoms with Gasteiger partial charge in [0, 0.05) is 28.5 Å². The fraction of sp³-hybridized carbons (Fsp3) is 0.500. The Morgan fingerprint density at radius 2 is 2.19 bits per heavy atom. The summed E-state index contributed by atoms with van der Waals surface area (Å²) in [6.45, 7) is 3.25. The lowest BCUT2D eigenvalue weighted by atomic mass is 10.2. The average Bonchev–Trinajstić information content (AvgIpc) is 2.70. The van der Waals surface area contributed by atoms with Crippen LogP contribution in [0.4, 0.5) is 0 Å². The molecule has 1 aliphatic rings. The summed E-state index contributed by atoms with van der Waals surface area (Å²) < 4.78 is 0. The summed E-state index contributed by atoms with van der Waals surface area (Å²) in [7, 11) is 0. The highest BCUT2D eigenvalue weighted by atomic mass is 79.9. The lowest BCUT2D eigenvalue weighted by molar-refractivity contribution is 0.321. The van der Waals surface area contributed by atoms with Gasteiger partial charge in [0.25, 0.3) is 0 Å². The number of likely N-dealkylation sites (tertiary alicyclic amines) is 1. The van der Waals surface area contributed by atoms with Crippen molar-refractivity contribution in [2.45, 2.75) is 13.0 Å². The molecular weight excluding hydrogens is 309 g/mol. The predicted molar refractivity (Wildman–Crippen MR) is 73.6 cm³/mol. The molecule has 1 nitrogen and oxygen atoms in total. The maximum atomic E-state index is 6.16. The number of hydrogen-bond acceptors (Lipinski definition) is 1. The summed E-state index contributed by atoms with van der Waals surface area (Å²) >= 11 is 15.6. The monoisotopic (exact) mass is 321 g/mol. The lowest BCUT2D eigenvalue weighted by Crippen LogP contribution is -2.20. The molecule has 1 saturated heterocycles. The van der Waals surface area contributed by atoms with Crippen molar-refractivity contribution in [2.24, 2.45) is 5.92 Å². The van der Waals surface area contributed by atoms with Crippen molar-refractivity contribution < 1.29 is 0 Å². The zero-order chi connectivity index (χ0) is 11.5. The van der Waals surface area contributed by atoms with Crippen molar-refractivity contribution in [3.05, 3.63) is 33.8 Å². The van der Waals surface area contributed by atoms with E-state index in [2.05, 4.69) is 20.8 Å². The average molecular weight is 323 g/mol. The van der Waals surface area contributed by atoms with E-state index in [0.717, 1.165) is 35.9 Å². The smallest absolute Gasteiger partial charge is 0.0465 e. The molecule has 1 atom stereocenters. The second kappa shape index (κ2) is 5.72. The highest BCUT2D eigenvalue weighted by Crippen LogP contribution is 2.25. The van der Waals surface area contributed by atoms with Gasteiger partial charge in [0.05, 0.1) is 0 Å². The van der Waals surface area contributed by atoms with Crippen LogP contribution in [0, 0.1) is 5.92 Å². The number of benzene rings is 1. The lowest BCUT2D eigenvalue weighted by Gasteiger charge is -2.16. The largest absolute Gasteiger partial charge is 0.299 e. The first-order chi connectivity index (χ1) is 7.69. The Labute approximate surface area is 115 Å². The topological polar surface area (TPSA) is 3.24 Å². The number of nitrogens with zero attached hydrogens (tertiary/aromatic N) is 1. The van der Waals surface area contributed by atoms with Crippen molar-refractivity contribution in [1.82, 2.24) is 4.90 Å². The van der Waals surface area contributed by atoms with Crippen LogP contribution in [-0.4, -0.2) is 23.3 Å². The minimum Gasteiger partial charge on any atom is -0.299 e. The SMILES string of the molecule is Clc1ccc(CN2CCC(CBr)C2)c(Cl)c1. The second-order valence-electron chi connectivity index (χ2n) is 4.28. The summed E-state index contributed by atoms with van der Waals surface area (Å²) in [6, 6.07) is 5.74. The number of alkyl halides is 1. The third-order valence-electron chi connectivity index (χ3n) is 3.00. The summed E-state index contributed by atoms with van der Waals surface area (Å²) in [5, 5.41) is 2.57. The Hall–Kier alpha value is 0.240. The Morgan fingerprint density at radius 1 is 1.38 bits per heavy atom. The van der Waals surface area contributed by atoms with Crippen molar-refractivity contribution in [2.75, 3.05) is 18.4 Å². The van der Waals surface area contributed by atoms with Gasteiger partial charge in [0.2, 0.25) is 0 Å². The van der Waals surface area contributed by atoms with E-state index in [-0.39, 0.29) is 0 Å². The molecule has 1 aromatic carbocycles. The minimum absolute atomic E-state index is 0.702. The van der Waals surface area contributed by atoms with E-state index >= 15 is 0 Å². The molecule has 0 spiro atoms. The maximum Gasteiger partial charge on any atom is 0.0465 e. The molecule has 1 unspecified atom stereocenters. The Balaban J connectivity index is 1.99. The molecule has 1 heterocycles. The molecule has 4 heteroatoms. The molecule has 88 valence electrons. The molecule has 1 fully saturated rings. The third-order valence-corrected chi connectivity index (χ3v) is 4.50. The predicted octanol–water partition coefficient (Wildman–Crippen LogP) is 4.21. The molecule has 1 aliphatic heterocycles. The first-order valence-electron chi connectivity index (χ1n) is 5.41. The third kappa shape index (κ3) is 3.13. The highest BCUT2D eigenvalue weighted by Gasteiger charge is 2.21. The minimum atomic E-state index is 0.702. The molecule has 0 amide bonds. The van der Waals surface area contributed by atoms with Gasteiger partial charge < -0.3 is 0 Å². The second-order valence-corrected chi connectivity index (χ2v) is 5.77. The van der Waals surface area contributed by atoms with Crippen molar-refractivity contribution in [1.29, 1.82) is 0 Å². The standard InChI is InChI=1S/C12H14BrCl2N/c13-6-9-3-4-16(7-9)8-10-1-2-11(14)5-12(10)15/h1-2,5,9H,3-4,6-8H2. The quantitative estimate of drug-likeness (QED) is 0.753. The Kier molecular flexibility index (Phi) is 4.54. The zero-order valence-electron chi connectivity index (χ0n) is 8.93. The summed E-state index contributed by atoms with van der Waals surface area (Å²) in [4.78, 5) is 2.45. The highest BCUT2D eigenvalue weighted by molar-refractivity contribution is 9.09. The Bertz CT molecular complexity index is 370. The molecule has 16 heavy (non-hydrogen) atoms. The molecule has 0 radical (unpaired) electrons. The van der Waals surface area contributed by atoms with E-state index in [9.17, 15) is 0 Å². The van der Waals surface area contributed by atoms with E-state index in [1.165, 1.54) is 12.0 Å². The maximum absolute atomic E-state index is 6.16. The molecule has 0 aromatic heterocycles. The van der Waals surface area contributed by atoms with Crippen molar-refractivity contribution in [3.63, 3.8) is 0 Å². The van der Waals surface area contributed by atoms with Crippen LogP contribution < -0.4 is 0 Å². The number of halogens is 3. The molecule has 0 aliphatic carbocycles. The van der Waals surface area contributed by atoms with Crippen molar-refractivity contribution in [3.8, 4) is 0 Å². The van der Waals surface area contributed by atoms with Gasteiger partial charge in [0.1, 0.15) is 0 Å². The first-order valence-corrected chi connectivity index (χ1v) is 7.29. The van der Waals surface area contributed by atoms with Crippen LogP contribution in [-0.2, 0) is 6.54 Å². The van der Waals surface area contributed by atoms with Crippen molar-refractivity contribution >= 4 is 39.1 Å². The van der Waals surface area contributed by atoms with Gasteiger partial charge in [-0.05, 0) is 36.6 Å². The molecular formula is C12H14BrCl2N. The van der Waals surface area contributed by atoms with Gasteiger partial charge in [-0.2, -0.15) is 0 Å². The van der Waals surface area contributed by atoms with Crippen LogP contribution in [0.5, 0.6) is 0 Å². The molecule has 0 bridgehead atoms. The first kappa shape index (κ1) is 12.7. The Morgan fingerprint density at radius 3 is 2.81 bits per heavy atom. The van der Waals surface area contributed by atoms with Gasteiger partial charge in [0.15, 0.2) is 0 Å². The number of hydrogen-bond donors (Lipinski definition) is 0. The summed E-state index contributed by atoms with van der Waals surface area (Å²) in [5.74, 6) is 0.783. The van der Waals surface area contributed by atoms with Crippen LogP contribution in [0.3, 0.4) is 0 Å². The van der Waals surface area contributed by atoms with Gasteiger partial charge in [-0.25, -0.2) is 0 Å². The molecule has 0 N–H and O–H groups in total. The van der Waals surface area contributed by atoms with Gasteiger partial charge >= 0.3 is 0 Å². The van der Waals surface area contributed by atoms with Gasteiger partial charge in [-0.15, -0.1) is 0 Å². The summed E-state index contributed by atoms with van der Waals surface area (Å²) in [5.41, 5.74) is 1.17. The normalized spacial score (nSPS) is 21.6. The van der Waals surface area contributed by atoms with Gasteiger partial charge in [-0.1, -0.05) is 45.2 Å². The fourth-order valence-electron chi connectivity index (χ4n) is 2.07. The van der Waals surface area contributed by atoms with Crippen LogP contribution >= 0.6 is 39.1 Å². The van der Waals surface area contributed by atoms with E-state index < -0.39 is 0 Å². The van der Waals surface area contributed by atoms with E-state index in [1.807, 2.05) is 18.2 Å².